The number of likely N-dealkylation sites (tertiary alicyclic amines) is 1. The van der Waals surface area contributed by atoms with Crippen LogP contribution in [-0.4, -0.2) is 62.7 Å². The van der Waals surface area contributed by atoms with Crippen LogP contribution in [-0.2, 0) is 7.05 Å². The fraction of sp³-hybridized carbons (Fsp3) is 0.296. The zero-order chi connectivity index (χ0) is 24.4. The monoisotopic (exact) mass is 467 g/mol. The van der Waals surface area contributed by atoms with Crippen LogP contribution in [0.3, 0.4) is 0 Å². The average Bonchev–Trinajstić information content (AvgIpc) is 3.35. The molecule has 0 radical (unpaired) electrons. The summed E-state index contributed by atoms with van der Waals surface area (Å²) in [4.78, 5) is 31.4. The van der Waals surface area contributed by atoms with Crippen LogP contribution in [0.5, 0.6) is 0 Å². The van der Waals surface area contributed by atoms with Gasteiger partial charge in [-0.15, -0.1) is 0 Å². The van der Waals surface area contributed by atoms with Gasteiger partial charge in [0.15, 0.2) is 0 Å². The molecule has 0 spiro atoms. The molecule has 4 aromatic rings. The number of piperidine rings is 1. The maximum absolute atomic E-state index is 13.5. The Morgan fingerprint density at radius 2 is 1.89 bits per heavy atom. The van der Waals surface area contributed by atoms with Crippen LogP contribution in [0.1, 0.15) is 34.8 Å². The molecule has 1 aliphatic heterocycles. The van der Waals surface area contributed by atoms with Gasteiger partial charge in [-0.1, -0.05) is 30.3 Å². The molecule has 4 heterocycles. The van der Waals surface area contributed by atoms with E-state index in [2.05, 4.69) is 27.2 Å². The molecule has 1 unspecified atom stereocenters. The first kappa shape index (κ1) is 22.7. The molecule has 0 saturated carbocycles. The van der Waals surface area contributed by atoms with E-state index >= 15 is 0 Å². The van der Waals surface area contributed by atoms with E-state index in [4.69, 9.17) is 4.98 Å². The van der Waals surface area contributed by atoms with Gasteiger partial charge in [-0.2, -0.15) is 5.10 Å². The number of carbonyl (C=O) groups is 1. The standard InChI is InChI=1S/C27H29N7O/c1-32(2)27-29-16-23(19-8-5-4-6-9-19)25(31-27)21-10-7-13-34(18-21)26(35)20-11-12-28-24(14-20)22-15-30-33(3)17-22/h4-6,8-9,11-12,14-17,21H,7,10,13,18H2,1-3H3. The van der Waals surface area contributed by atoms with Crippen molar-refractivity contribution in [2.75, 3.05) is 32.1 Å². The van der Waals surface area contributed by atoms with Gasteiger partial charge in [0.1, 0.15) is 0 Å². The first-order valence-corrected chi connectivity index (χ1v) is 11.8. The van der Waals surface area contributed by atoms with Gasteiger partial charge in [-0.3, -0.25) is 14.5 Å². The van der Waals surface area contributed by atoms with Crippen LogP contribution in [0, 0.1) is 0 Å². The van der Waals surface area contributed by atoms with E-state index in [1.165, 1.54) is 0 Å². The molecule has 1 amide bonds. The number of hydrogen-bond acceptors (Lipinski definition) is 6. The molecule has 1 atom stereocenters. The molecule has 8 heteroatoms. The third-order valence-electron chi connectivity index (χ3n) is 6.39. The molecule has 1 saturated heterocycles. The quantitative estimate of drug-likeness (QED) is 0.441. The summed E-state index contributed by atoms with van der Waals surface area (Å²) < 4.78 is 1.73. The number of anilines is 1. The highest BCUT2D eigenvalue weighted by atomic mass is 16.2. The normalized spacial score (nSPS) is 15.7. The highest BCUT2D eigenvalue weighted by Gasteiger charge is 2.29. The van der Waals surface area contributed by atoms with Gasteiger partial charge in [0.25, 0.3) is 5.91 Å². The molecule has 178 valence electrons. The van der Waals surface area contributed by atoms with Crippen LogP contribution >= 0.6 is 0 Å². The van der Waals surface area contributed by atoms with Gasteiger partial charge in [0, 0.05) is 75.4 Å². The van der Waals surface area contributed by atoms with Crippen molar-refractivity contribution in [1.29, 1.82) is 0 Å². The summed E-state index contributed by atoms with van der Waals surface area (Å²) in [7, 11) is 5.76. The molecule has 1 aliphatic rings. The van der Waals surface area contributed by atoms with E-state index in [9.17, 15) is 4.79 Å². The summed E-state index contributed by atoms with van der Waals surface area (Å²) in [5, 5.41) is 4.22. The minimum Gasteiger partial charge on any atom is -0.347 e. The second-order valence-corrected chi connectivity index (χ2v) is 9.15. The molecule has 1 fully saturated rings. The Morgan fingerprint density at radius 3 is 2.63 bits per heavy atom. The molecule has 0 aliphatic carbocycles. The van der Waals surface area contributed by atoms with E-state index in [0.29, 0.717) is 18.1 Å². The van der Waals surface area contributed by atoms with E-state index < -0.39 is 0 Å². The van der Waals surface area contributed by atoms with Gasteiger partial charge in [-0.25, -0.2) is 9.97 Å². The molecule has 35 heavy (non-hydrogen) atoms. The number of carbonyl (C=O) groups excluding carboxylic acids is 1. The third kappa shape index (κ3) is 4.77. The van der Waals surface area contributed by atoms with Gasteiger partial charge in [0.2, 0.25) is 5.95 Å². The van der Waals surface area contributed by atoms with Crippen molar-refractivity contribution >= 4 is 11.9 Å². The van der Waals surface area contributed by atoms with E-state index in [1.54, 1.807) is 23.1 Å². The number of benzene rings is 1. The lowest BCUT2D eigenvalue weighted by atomic mass is 9.89. The minimum absolute atomic E-state index is 0.0189. The molecule has 1 aromatic carbocycles. The molecule has 5 rings (SSSR count). The summed E-state index contributed by atoms with van der Waals surface area (Å²) in [5.74, 6) is 0.827. The summed E-state index contributed by atoms with van der Waals surface area (Å²) >= 11 is 0. The predicted molar refractivity (Wildman–Crippen MR) is 136 cm³/mol. The molecular weight excluding hydrogens is 438 g/mol. The topological polar surface area (TPSA) is 80.0 Å². The van der Waals surface area contributed by atoms with Crippen molar-refractivity contribution in [2.24, 2.45) is 7.05 Å². The van der Waals surface area contributed by atoms with Crippen LogP contribution in [0.25, 0.3) is 22.4 Å². The fourth-order valence-corrected chi connectivity index (χ4v) is 4.59. The smallest absolute Gasteiger partial charge is 0.254 e. The summed E-state index contributed by atoms with van der Waals surface area (Å²) in [6.45, 7) is 1.35. The third-order valence-corrected chi connectivity index (χ3v) is 6.39. The molecule has 0 N–H and O–H groups in total. The van der Waals surface area contributed by atoms with Crippen LogP contribution in [0.4, 0.5) is 5.95 Å². The van der Waals surface area contributed by atoms with Crippen LogP contribution in [0.15, 0.2) is 67.3 Å². The van der Waals surface area contributed by atoms with Crippen molar-refractivity contribution in [3.8, 4) is 22.4 Å². The summed E-state index contributed by atoms with van der Waals surface area (Å²) in [5.41, 5.74) is 5.39. The Morgan fingerprint density at radius 1 is 1.06 bits per heavy atom. The Hall–Kier alpha value is -4.07. The predicted octanol–water partition coefficient (Wildman–Crippen LogP) is 4.02. The van der Waals surface area contributed by atoms with E-state index in [1.807, 2.05) is 67.6 Å². The van der Waals surface area contributed by atoms with Crippen molar-refractivity contribution in [3.05, 3.63) is 78.5 Å². The minimum atomic E-state index is 0.0189. The number of aromatic nitrogens is 5. The van der Waals surface area contributed by atoms with Crippen molar-refractivity contribution < 1.29 is 4.79 Å². The second-order valence-electron chi connectivity index (χ2n) is 9.15. The first-order chi connectivity index (χ1) is 17.0. The molecular formula is C27H29N7O. The van der Waals surface area contributed by atoms with Gasteiger partial charge < -0.3 is 9.80 Å². The lowest BCUT2D eigenvalue weighted by molar-refractivity contribution is 0.0706. The van der Waals surface area contributed by atoms with E-state index in [0.717, 1.165) is 47.5 Å². The highest BCUT2D eigenvalue weighted by Crippen LogP contribution is 2.34. The van der Waals surface area contributed by atoms with Crippen molar-refractivity contribution in [3.63, 3.8) is 0 Å². The van der Waals surface area contributed by atoms with Crippen LogP contribution in [0.2, 0.25) is 0 Å². The maximum atomic E-state index is 13.5. The number of hydrogen-bond donors (Lipinski definition) is 0. The summed E-state index contributed by atoms with van der Waals surface area (Å²) in [6.07, 6.45) is 9.17. The maximum Gasteiger partial charge on any atom is 0.254 e. The Balaban J connectivity index is 1.44. The van der Waals surface area contributed by atoms with Gasteiger partial charge in [-0.05, 0) is 30.5 Å². The average molecular weight is 468 g/mol. The number of amides is 1. The van der Waals surface area contributed by atoms with E-state index in [-0.39, 0.29) is 11.8 Å². The number of rotatable bonds is 5. The van der Waals surface area contributed by atoms with Crippen molar-refractivity contribution in [2.45, 2.75) is 18.8 Å². The molecule has 0 bridgehead atoms. The lowest BCUT2D eigenvalue weighted by Crippen LogP contribution is -2.39. The number of aryl methyl sites for hydroxylation is 1. The lowest BCUT2D eigenvalue weighted by Gasteiger charge is -2.33. The Kier molecular flexibility index (Phi) is 6.27. The van der Waals surface area contributed by atoms with Gasteiger partial charge in [0.05, 0.1) is 17.6 Å². The van der Waals surface area contributed by atoms with Gasteiger partial charge >= 0.3 is 0 Å². The number of pyridine rings is 1. The van der Waals surface area contributed by atoms with Crippen molar-refractivity contribution in [1.82, 2.24) is 29.6 Å². The Bertz CT molecular complexity index is 1330. The number of nitrogens with zero attached hydrogens (tertiary/aromatic N) is 7. The highest BCUT2D eigenvalue weighted by molar-refractivity contribution is 5.95. The largest absolute Gasteiger partial charge is 0.347 e. The summed E-state index contributed by atoms with van der Waals surface area (Å²) in [6, 6.07) is 13.9. The zero-order valence-corrected chi connectivity index (χ0v) is 20.3. The molecule has 3 aromatic heterocycles. The second kappa shape index (κ2) is 9.66. The Labute approximate surface area is 205 Å². The molecule has 8 nitrogen and oxygen atoms in total. The zero-order valence-electron chi connectivity index (χ0n) is 20.3. The fourth-order valence-electron chi connectivity index (χ4n) is 4.59. The SMILES string of the molecule is CN(C)c1ncc(-c2ccccc2)c(C2CCCN(C(=O)c3ccnc(-c4cnn(C)c4)c3)C2)n1. The first-order valence-electron chi connectivity index (χ1n) is 11.8. The van der Waals surface area contributed by atoms with Crippen LogP contribution < -0.4 is 4.90 Å².